The van der Waals surface area contributed by atoms with Gasteiger partial charge in [-0.15, -0.1) is 0 Å². The molecule has 0 bridgehead atoms. The molecule has 0 spiro atoms. The van der Waals surface area contributed by atoms with Crippen molar-refractivity contribution >= 4 is 28.0 Å². The summed E-state index contributed by atoms with van der Waals surface area (Å²) in [5.41, 5.74) is 12.8. The molecule has 2 fully saturated rings. The van der Waals surface area contributed by atoms with Gasteiger partial charge in [0, 0.05) is 30.6 Å². The second kappa shape index (κ2) is 10.1. The first-order valence-electron chi connectivity index (χ1n) is 14.7. The van der Waals surface area contributed by atoms with E-state index in [1.807, 2.05) is 12.3 Å². The Bertz CT molecular complexity index is 1680. The summed E-state index contributed by atoms with van der Waals surface area (Å²) in [4.78, 5) is 11.3. The number of rotatable bonds is 8. The summed E-state index contributed by atoms with van der Waals surface area (Å²) in [7, 11) is 4.29. The van der Waals surface area contributed by atoms with Crippen LogP contribution >= 0.6 is 0 Å². The highest BCUT2D eigenvalue weighted by Gasteiger charge is 2.43. The van der Waals surface area contributed by atoms with Gasteiger partial charge in [-0.2, -0.15) is 5.48 Å². The number of aryl methyl sites for hydroxylation is 2. The van der Waals surface area contributed by atoms with Gasteiger partial charge < -0.3 is 13.6 Å². The van der Waals surface area contributed by atoms with Crippen molar-refractivity contribution in [3.05, 3.63) is 84.1 Å². The van der Waals surface area contributed by atoms with Crippen LogP contribution in [0.4, 0.5) is 0 Å². The van der Waals surface area contributed by atoms with Gasteiger partial charge in [0.1, 0.15) is 11.4 Å². The van der Waals surface area contributed by atoms with Crippen molar-refractivity contribution in [2.75, 3.05) is 0 Å². The number of imidazole rings is 1. The summed E-state index contributed by atoms with van der Waals surface area (Å²) < 4.78 is 10.1. The van der Waals surface area contributed by atoms with Crippen LogP contribution in [-0.2, 0) is 31.1 Å². The van der Waals surface area contributed by atoms with Crippen LogP contribution in [0.5, 0.6) is 0 Å². The molecule has 3 heterocycles. The fraction of sp³-hybridized carbons (Fsp3) is 0.382. The molecule has 0 atom stereocenters. The van der Waals surface area contributed by atoms with Crippen molar-refractivity contribution in [2.45, 2.75) is 69.4 Å². The van der Waals surface area contributed by atoms with E-state index >= 15 is 0 Å². The zero-order valence-electron chi connectivity index (χ0n) is 23.6. The zero-order chi connectivity index (χ0) is 27.3. The summed E-state index contributed by atoms with van der Waals surface area (Å²) in [5.74, 6) is 1.63. The minimum absolute atomic E-state index is 0.264. The monoisotopic (exact) mass is 534 g/mol. The maximum absolute atomic E-state index is 6.25. The van der Waals surface area contributed by atoms with Gasteiger partial charge >= 0.3 is 0 Å². The van der Waals surface area contributed by atoms with E-state index in [1.54, 1.807) is 6.26 Å². The molecule has 0 aliphatic heterocycles. The smallest absolute Gasteiger partial charge is 0.132 e. The molecule has 3 aromatic heterocycles. The number of benzene rings is 2. The van der Waals surface area contributed by atoms with Crippen LogP contribution < -0.4 is 5.48 Å². The fourth-order valence-corrected chi connectivity index (χ4v) is 7.07. The third-order valence-electron chi connectivity index (χ3n) is 9.39. The number of hydroxylamine groups is 1. The highest BCUT2D eigenvalue weighted by molar-refractivity contribution is 5.92. The summed E-state index contributed by atoms with van der Waals surface area (Å²) in [6.45, 7) is 4.41. The normalized spacial score (nSPS) is 17.4. The van der Waals surface area contributed by atoms with Crippen LogP contribution in [0.1, 0.15) is 79.8 Å². The molecule has 0 unspecified atom stereocenters. The van der Waals surface area contributed by atoms with Gasteiger partial charge in [-0.25, -0.2) is 4.98 Å². The summed E-state index contributed by atoms with van der Waals surface area (Å²) in [6, 6.07) is 15.2. The Kier molecular flexibility index (Phi) is 6.40. The number of nitrogens with zero attached hydrogens (tertiary/aromatic N) is 3. The predicted molar refractivity (Wildman–Crippen MR) is 161 cm³/mol. The van der Waals surface area contributed by atoms with E-state index < -0.39 is 0 Å². The molecule has 6 nitrogen and oxygen atoms in total. The highest BCUT2D eigenvalue weighted by atomic mass is 16.6. The molecule has 1 N–H and O–H groups in total. The number of aromatic nitrogens is 3. The molecule has 2 aromatic carbocycles. The quantitative estimate of drug-likeness (QED) is 0.204. The number of hydrogen-bond acceptors (Lipinski definition) is 4. The Morgan fingerprint density at radius 3 is 2.60 bits per heavy atom. The molecule has 0 amide bonds. The molecule has 0 saturated heterocycles. The lowest BCUT2D eigenvalue weighted by molar-refractivity contribution is -0.0713. The molecule has 40 heavy (non-hydrogen) atoms. The van der Waals surface area contributed by atoms with Crippen LogP contribution in [0.3, 0.4) is 0 Å². The first-order valence-corrected chi connectivity index (χ1v) is 14.7. The van der Waals surface area contributed by atoms with E-state index in [9.17, 15) is 0 Å². The highest BCUT2D eigenvalue weighted by Crippen LogP contribution is 2.44. The number of hydrogen-bond donors (Lipinski definition) is 1. The Labute approximate surface area is 235 Å². The van der Waals surface area contributed by atoms with Gasteiger partial charge in [0.25, 0.3) is 0 Å². The Morgan fingerprint density at radius 2 is 1.88 bits per heavy atom. The van der Waals surface area contributed by atoms with Gasteiger partial charge in [-0.05, 0) is 79.0 Å². The summed E-state index contributed by atoms with van der Waals surface area (Å²) in [5, 5.41) is 1.36. The fourth-order valence-electron chi connectivity index (χ4n) is 7.07. The van der Waals surface area contributed by atoms with Gasteiger partial charge in [0.2, 0.25) is 0 Å². The largest absolute Gasteiger partial charge is 0.472 e. The standard InChI is InChI=1S/C34H38N4O2/c1-4-23-12-14-28-30(19-23)38(3)33(35-28)34(16-8-17-34)36-40-21-24-11-13-27-29(20-24)37(2)32(26-15-18-39-22-26)31(27)25-9-6-5-7-10-25/h4,11-15,18-20,22,25,36H,1,5-10,16-17,21H2,2-3H3. The average molecular weight is 535 g/mol. The van der Waals surface area contributed by atoms with Crippen LogP contribution in [0, 0.1) is 0 Å². The van der Waals surface area contributed by atoms with Gasteiger partial charge in [0.05, 0.1) is 35.9 Å². The third-order valence-corrected chi connectivity index (χ3v) is 9.39. The molecule has 206 valence electrons. The minimum Gasteiger partial charge on any atom is -0.472 e. The summed E-state index contributed by atoms with van der Waals surface area (Å²) >= 11 is 0. The van der Waals surface area contributed by atoms with Crippen molar-refractivity contribution in [1.29, 1.82) is 0 Å². The molecule has 2 saturated carbocycles. The first-order chi connectivity index (χ1) is 19.6. The van der Waals surface area contributed by atoms with E-state index in [-0.39, 0.29) is 5.54 Å². The van der Waals surface area contributed by atoms with Gasteiger partial charge in [-0.3, -0.25) is 4.84 Å². The second-order valence-electron chi connectivity index (χ2n) is 11.8. The van der Waals surface area contributed by atoms with Crippen LogP contribution in [0.25, 0.3) is 39.3 Å². The number of fused-ring (bicyclic) bond motifs is 2. The molecule has 2 aliphatic rings. The molecule has 2 aliphatic carbocycles. The van der Waals surface area contributed by atoms with Crippen molar-refractivity contribution < 1.29 is 9.25 Å². The SMILES string of the molecule is C=Cc1ccc2nc(C3(NOCc4ccc5c(C6CCCCC6)c(-c6ccoc6)n(C)c5c4)CCC3)n(C)c2c1. The Hall–Kier alpha value is -3.61. The number of nitrogens with one attached hydrogen (secondary N) is 1. The van der Waals surface area contributed by atoms with Gasteiger partial charge in [0.15, 0.2) is 0 Å². The zero-order valence-corrected chi connectivity index (χ0v) is 23.6. The Balaban J connectivity index is 1.16. The van der Waals surface area contributed by atoms with Crippen LogP contribution in [-0.4, -0.2) is 14.1 Å². The first kappa shape index (κ1) is 25.4. The average Bonchev–Trinajstić information content (AvgIpc) is 3.68. The lowest BCUT2D eigenvalue weighted by Gasteiger charge is -2.41. The maximum Gasteiger partial charge on any atom is 0.132 e. The van der Waals surface area contributed by atoms with Crippen molar-refractivity contribution in [3.63, 3.8) is 0 Å². The van der Waals surface area contributed by atoms with Crippen LogP contribution in [0.2, 0.25) is 0 Å². The maximum atomic E-state index is 6.25. The van der Waals surface area contributed by atoms with E-state index in [0.717, 1.165) is 52.8 Å². The van der Waals surface area contributed by atoms with E-state index in [0.29, 0.717) is 12.5 Å². The topological polar surface area (TPSA) is 57.2 Å². The second-order valence-corrected chi connectivity index (χ2v) is 11.8. The number of furan rings is 1. The molecular formula is C34H38N4O2. The molecule has 5 aromatic rings. The van der Waals surface area contributed by atoms with Crippen molar-refractivity contribution in [1.82, 2.24) is 19.6 Å². The molecule has 6 heteroatoms. The van der Waals surface area contributed by atoms with E-state index in [2.05, 4.69) is 77.8 Å². The van der Waals surface area contributed by atoms with Crippen LogP contribution in [0.15, 0.2) is 66.0 Å². The molecule has 0 radical (unpaired) electrons. The van der Waals surface area contributed by atoms with Crippen molar-refractivity contribution in [2.24, 2.45) is 14.1 Å². The van der Waals surface area contributed by atoms with Gasteiger partial charge in [-0.1, -0.05) is 50.1 Å². The summed E-state index contributed by atoms with van der Waals surface area (Å²) in [6.07, 6.45) is 15.2. The third kappa shape index (κ3) is 4.13. The van der Waals surface area contributed by atoms with E-state index in [1.165, 1.54) is 54.3 Å². The van der Waals surface area contributed by atoms with Crippen molar-refractivity contribution in [3.8, 4) is 11.3 Å². The Morgan fingerprint density at radius 1 is 1.02 bits per heavy atom. The molecular weight excluding hydrogens is 496 g/mol. The minimum atomic E-state index is -0.264. The lowest BCUT2D eigenvalue weighted by Crippen LogP contribution is -2.49. The predicted octanol–water partition coefficient (Wildman–Crippen LogP) is 8.12. The van der Waals surface area contributed by atoms with E-state index in [4.69, 9.17) is 14.2 Å². The molecule has 7 rings (SSSR count). The lowest BCUT2D eigenvalue weighted by atomic mass is 9.76.